The summed E-state index contributed by atoms with van der Waals surface area (Å²) in [6.45, 7) is 1.99. The first-order chi connectivity index (χ1) is 9.15. The van der Waals surface area contributed by atoms with Crippen LogP contribution in [0.25, 0.3) is 5.65 Å². The van der Waals surface area contributed by atoms with Crippen LogP contribution in [0.1, 0.15) is 12.6 Å². The Kier molecular flexibility index (Phi) is 6.15. The van der Waals surface area contributed by atoms with E-state index in [9.17, 15) is 4.79 Å². The standard InChI is InChI=1S/C12H12BrN3O3.BrH/c1-3-19-12(17)11(15-18-2)9-7-16-6-8(13)4-5-10(16)14-9;/h4-7H,3H2,1-2H3;1H. The lowest BCUT2D eigenvalue weighted by molar-refractivity contribution is -0.135. The molecule has 0 aliphatic rings. The molecular weight excluding hydrogens is 394 g/mol. The smallest absolute Gasteiger partial charge is 0.362 e. The number of fused-ring (bicyclic) bond motifs is 1. The molecule has 0 amide bonds. The predicted molar refractivity (Wildman–Crippen MR) is 83.4 cm³/mol. The number of carbonyl (C=O) groups excluding carboxylic acids is 1. The van der Waals surface area contributed by atoms with Gasteiger partial charge in [-0.25, -0.2) is 9.78 Å². The fraction of sp³-hybridized carbons (Fsp3) is 0.250. The number of pyridine rings is 1. The third-order valence-electron chi connectivity index (χ3n) is 2.31. The van der Waals surface area contributed by atoms with E-state index < -0.39 is 5.97 Å². The van der Waals surface area contributed by atoms with Crippen LogP contribution in [0.2, 0.25) is 0 Å². The summed E-state index contributed by atoms with van der Waals surface area (Å²) < 4.78 is 7.61. The van der Waals surface area contributed by atoms with Crippen molar-refractivity contribution in [2.45, 2.75) is 6.92 Å². The summed E-state index contributed by atoms with van der Waals surface area (Å²) in [5.74, 6) is -0.563. The average Bonchev–Trinajstić information content (AvgIpc) is 2.78. The van der Waals surface area contributed by atoms with E-state index in [1.54, 1.807) is 17.5 Å². The molecule has 0 saturated heterocycles. The van der Waals surface area contributed by atoms with E-state index in [4.69, 9.17) is 4.74 Å². The first-order valence-electron chi connectivity index (χ1n) is 5.58. The molecule has 108 valence electrons. The molecule has 0 unspecified atom stereocenters. The number of aromatic nitrogens is 2. The lowest BCUT2D eigenvalue weighted by Crippen LogP contribution is -2.19. The third-order valence-corrected chi connectivity index (χ3v) is 2.78. The molecule has 0 saturated carbocycles. The maximum absolute atomic E-state index is 11.8. The number of halogens is 2. The van der Waals surface area contributed by atoms with Crippen LogP contribution in [-0.2, 0) is 14.4 Å². The Hall–Kier alpha value is -1.41. The molecule has 2 aromatic heterocycles. The van der Waals surface area contributed by atoms with Crippen LogP contribution in [0.15, 0.2) is 34.2 Å². The van der Waals surface area contributed by atoms with Crippen LogP contribution >= 0.6 is 32.9 Å². The minimum atomic E-state index is -0.563. The maximum atomic E-state index is 11.8. The molecule has 0 fully saturated rings. The van der Waals surface area contributed by atoms with Crippen molar-refractivity contribution in [3.05, 3.63) is 34.7 Å². The Morgan fingerprint density at radius 1 is 1.45 bits per heavy atom. The number of oxime groups is 1. The third kappa shape index (κ3) is 3.57. The van der Waals surface area contributed by atoms with Crippen molar-refractivity contribution in [1.82, 2.24) is 9.38 Å². The van der Waals surface area contributed by atoms with Crippen LogP contribution in [0.5, 0.6) is 0 Å². The van der Waals surface area contributed by atoms with Gasteiger partial charge in [-0.15, -0.1) is 17.0 Å². The monoisotopic (exact) mass is 405 g/mol. The summed E-state index contributed by atoms with van der Waals surface area (Å²) >= 11 is 3.37. The molecule has 0 aromatic carbocycles. The van der Waals surface area contributed by atoms with E-state index in [-0.39, 0.29) is 29.3 Å². The number of ether oxygens (including phenoxy) is 1. The van der Waals surface area contributed by atoms with Crippen LogP contribution in [-0.4, -0.2) is 34.8 Å². The molecule has 0 radical (unpaired) electrons. The van der Waals surface area contributed by atoms with Crippen molar-refractivity contribution < 1.29 is 14.4 Å². The number of hydrogen-bond acceptors (Lipinski definition) is 5. The molecule has 0 atom stereocenters. The average molecular weight is 407 g/mol. The minimum absolute atomic E-state index is 0. The Morgan fingerprint density at radius 2 is 2.20 bits per heavy atom. The molecule has 20 heavy (non-hydrogen) atoms. The summed E-state index contributed by atoms with van der Waals surface area (Å²) in [6.07, 6.45) is 3.52. The zero-order valence-corrected chi connectivity index (χ0v) is 14.2. The van der Waals surface area contributed by atoms with E-state index in [1.807, 2.05) is 18.3 Å². The predicted octanol–water partition coefficient (Wildman–Crippen LogP) is 2.59. The van der Waals surface area contributed by atoms with Gasteiger partial charge in [0.2, 0.25) is 5.71 Å². The number of esters is 1. The summed E-state index contributed by atoms with van der Waals surface area (Å²) in [5.41, 5.74) is 1.15. The number of rotatable bonds is 4. The molecular formula is C12H13Br2N3O3. The maximum Gasteiger partial charge on any atom is 0.362 e. The van der Waals surface area contributed by atoms with Gasteiger partial charge in [-0.3, -0.25) is 0 Å². The van der Waals surface area contributed by atoms with E-state index in [2.05, 4.69) is 30.9 Å². The van der Waals surface area contributed by atoms with Gasteiger partial charge in [0.1, 0.15) is 18.5 Å². The van der Waals surface area contributed by atoms with Crippen LogP contribution < -0.4 is 0 Å². The highest BCUT2D eigenvalue weighted by atomic mass is 79.9. The van der Waals surface area contributed by atoms with Gasteiger partial charge in [0.25, 0.3) is 0 Å². The zero-order valence-electron chi connectivity index (χ0n) is 10.9. The first-order valence-corrected chi connectivity index (χ1v) is 6.38. The summed E-state index contributed by atoms with van der Waals surface area (Å²) in [4.78, 5) is 20.8. The molecule has 6 nitrogen and oxygen atoms in total. The topological polar surface area (TPSA) is 65.2 Å². The van der Waals surface area contributed by atoms with E-state index >= 15 is 0 Å². The van der Waals surface area contributed by atoms with Gasteiger partial charge in [-0.1, -0.05) is 5.16 Å². The van der Waals surface area contributed by atoms with Gasteiger partial charge in [-0.2, -0.15) is 0 Å². The zero-order chi connectivity index (χ0) is 13.8. The molecule has 2 heterocycles. The largest absolute Gasteiger partial charge is 0.461 e. The minimum Gasteiger partial charge on any atom is -0.461 e. The van der Waals surface area contributed by atoms with Crippen LogP contribution in [0.3, 0.4) is 0 Å². The number of imidazole rings is 1. The van der Waals surface area contributed by atoms with Crippen LogP contribution in [0.4, 0.5) is 0 Å². The second-order valence-corrected chi connectivity index (χ2v) is 4.50. The summed E-state index contributed by atoms with van der Waals surface area (Å²) in [6, 6.07) is 3.69. The van der Waals surface area contributed by atoms with Crippen molar-refractivity contribution in [3.8, 4) is 0 Å². The van der Waals surface area contributed by atoms with Crippen molar-refractivity contribution in [2.24, 2.45) is 5.16 Å². The van der Waals surface area contributed by atoms with Gasteiger partial charge >= 0.3 is 5.97 Å². The number of carbonyl (C=O) groups is 1. The Balaban J connectivity index is 0.00000200. The molecule has 0 bridgehead atoms. The Labute approximate surface area is 134 Å². The lowest BCUT2D eigenvalue weighted by Gasteiger charge is -2.01. The SMILES string of the molecule is Br.CCOC(=O)C(=NOC)c1cn2cc(Br)ccc2n1. The number of hydrogen-bond donors (Lipinski definition) is 0. The Bertz CT molecular complexity index is 640. The quantitative estimate of drug-likeness (QED) is 0.444. The van der Waals surface area contributed by atoms with Crippen molar-refractivity contribution in [3.63, 3.8) is 0 Å². The van der Waals surface area contributed by atoms with Crippen LogP contribution in [0, 0.1) is 0 Å². The van der Waals surface area contributed by atoms with E-state index in [1.165, 1.54) is 7.11 Å². The number of nitrogens with zero attached hydrogens (tertiary/aromatic N) is 3. The van der Waals surface area contributed by atoms with Crippen molar-refractivity contribution in [2.75, 3.05) is 13.7 Å². The second kappa shape index (κ2) is 7.39. The summed E-state index contributed by atoms with van der Waals surface area (Å²) in [7, 11) is 1.37. The highest BCUT2D eigenvalue weighted by Gasteiger charge is 2.19. The molecule has 0 N–H and O–H groups in total. The molecule has 0 spiro atoms. The second-order valence-electron chi connectivity index (χ2n) is 3.58. The van der Waals surface area contributed by atoms with Crippen molar-refractivity contribution >= 4 is 50.2 Å². The first kappa shape index (κ1) is 16.6. The molecule has 8 heteroatoms. The molecule has 0 aliphatic heterocycles. The van der Waals surface area contributed by atoms with Gasteiger partial charge in [-0.05, 0) is 35.0 Å². The normalized spacial score (nSPS) is 11.1. The van der Waals surface area contributed by atoms with E-state index in [0.717, 1.165) is 4.47 Å². The summed E-state index contributed by atoms with van der Waals surface area (Å²) in [5, 5.41) is 3.69. The van der Waals surface area contributed by atoms with Crippen molar-refractivity contribution in [1.29, 1.82) is 0 Å². The fourth-order valence-electron chi connectivity index (χ4n) is 1.56. The fourth-order valence-corrected chi connectivity index (χ4v) is 1.91. The Morgan fingerprint density at radius 3 is 2.85 bits per heavy atom. The lowest BCUT2D eigenvalue weighted by atomic mass is 10.3. The highest BCUT2D eigenvalue weighted by Crippen LogP contribution is 2.13. The highest BCUT2D eigenvalue weighted by molar-refractivity contribution is 9.10. The van der Waals surface area contributed by atoms with E-state index in [0.29, 0.717) is 11.3 Å². The van der Waals surface area contributed by atoms with Gasteiger partial charge in [0.15, 0.2) is 0 Å². The van der Waals surface area contributed by atoms with Gasteiger partial charge < -0.3 is 14.0 Å². The molecule has 2 aromatic rings. The van der Waals surface area contributed by atoms with Gasteiger partial charge in [0.05, 0.1) is 6.61 Å². The molecule has 0 aliphatic carbocycles. The van der Waals surface area contributed by atoms with Gasteiger partial charge in [0, 0.05) is 16.9 Å². The molecule has 2 rings (SSSR count).